The molecule has 0 bridgehead atoms. The first-order chi connectivity index (χ1) is 13.1. The Morgan fingerprint density at radius 3 is 3.00 bits per heavy atom. The van der Waals surface area contributed by atoms with Gasteiger partial charge in [0, 0.05) is 11.6 Å². The van der Waals surface area contributed by atoms with Crippen LogP contribution in [0.4, 0.5) is 0 Å². The van der Waals surface area contributed by atoms with Crippen molar-refractivity contribution in [3.05, 3.63) is 29.3 Å². The summed E-state index contributed by atoms with van der Waals surface area (Å²) in [6, 6.07) is 6.63. The number of hydrogen-bond acceptors (Lipinski definition) is 7. The van der Waals surface area contributed by atoms with E-state index in [-0.39, 0.29) is 17.6 Å². The van der Waals surface area contributed by atoms with Gasteiger partial charge in [-0.15, -0.1) is 5.10 Å². The first kappa shape index (κ1) is 19.6. The molecule has 2 heterocycles. The Hall–Kier alpha value is -2.13. The molecule has 0 aliphatic carbocycles. The molecule has 27 heavy (non-hydrogen) atoms. The Balaban J connectivity index is 1.67. The van der Waals surface area contributed by atoms with Crippen LogP contribution in [0, 0.1) is 0 Å². The van der Waals surface area contributed by atoms with Crippen LogP contribution in [0.25, 0.3) is 5.69 Å². The molecule has 1 aromatic heterocycles. The molecular weight excluding hydrogens is 390 g/mol. The number of hydrogen-bond donors (Lipinski definition) is 0. The lowest BCUT2D eigenvalue weighted by molar-refractivity contribution is -0.155. The van der Waals surface area contributed by atoms with E-state index in [0.29, 0.717) is 35.4 Å². The maximum absolute atomic E-state index is 12.7. The smallest absolute Gasteiger partial charge is 0.328 e. The van der Waals surface area contributed by atoms with Crippen LogP contribution in [0.1, 0.15) is 26.2 Å². The van der Waals surface area contributed by atoms with Crippen LogP contribution in [-0.4, -0.2) is 61.9 Å². The minimum Gasteiger partial charge on any atom is -0.464 e. The molecule has 1 saturated heterocycles. The van der Waals surface area contributed by atoms with Gasteiger partial charge in [-0.05, 0) is 54.8 Å². The van der Waals surface area contributed by atoms with Gasteiger partial charge in [-0.25, -0.2) is 4.79 Å². The summed E-state index contributed by atoms with van der Waals surface area (Å²) in [5.74, 6) is -0.325. The van der Waals surface area contributed by atoms with Crippen molar-refractivity contribution in [3.8, 4) is 5.69 Å². The van der Waals surface area contributed by atoms with Gasteiger partial charge in [-0.1, -0.05) is 29.4 Å². The van der Waals surface area contributed by atoms with Crippen molar-refractivity contribution in [3.63, 3.8) is 0 Å². The summed E-state index contributed by atoms with van der Waals surface area (Å²) in [6.07, 6.45) is 2.43. The third-order valence-corrected chi connectivity index (χ3v) is 5.34. The zero-order chi connectivity index (χ0) is 19.2. The highest BCUT2D eigenvalue weighted by atomic mass is 35.5. The average molecular weight is 410 g/mol. The van der Waals surface area contributed by atoms with Crippen molar-refractivity contribution in [2.45, 2.75) is 37.4 Å². The maximum atomic E-state index is 12.7. The number of ether oxygens (including phenoxy) is 1. The van der Waals surface area contributed by atoms with Gasteiger partial charge < -0.3 is 9.64 Å². The lowest BCUT2D eigenvalue weighted by atomic mass is 10.0. The molecule has 0 radical (unpaired) electrons. The van der Waals surface area contributed by atoms with E-state index in [1.54, 1.807) is 30.0 Å². The standard InChI is InChI=1S/C17H20ClN5O3S/c1-2-26-16(25)14-8-3-4-9-22(14)15(24)11-27-17-19-20-21-23(17)13-7-5-6-12(18)10-13/h5-7,10,14H,2-4,8-9,11H2,1H3/t14-/m1/s1. The summed E-state index contributed by atoms with van der Waals surface area (Å²) in [5, 5.41) is 12.7. The SMILES string of the molecule is CCOC(=O)[C@H]1CCCCN1C(=O)CSc1nnnn1-c1cccc(Cl)c1. The number of carbonyl (C=O) groups excluding carboxylic acids is 2. The van der Waals surface area contributed by atoms with E-state index in [1.807, 2.05) is 6.07 Å². The second-order valence-corrected chi connectivity index (χ2v) is 7.37. The van der Waals surface area contributed by atoms with Gasteiger partial charge in [-0.3, -0.25) is 4.79 Å². The van der Waals surface area contributed by atoms with Crippen LogP contribution in [0.5, 0.6) is 0 Å². The second kappa shape index (κ2) is 9.18. The molecule has 8 nitrogen and oxygen atoms in total. The number of tetrazole rings is 1. The van der Waals surface area contributed by atoms with Crippen LogP contribution in [0.15, 0.2) is 29.4 Å². The molecular formula is C17H20ClN5O3S. The van der Waals surface area contributed by atoms with Gasteiger partial charge in [0.15, 0.2) is 0 Å². The fraction of sp³-hybridized carbons (Fsp3) is 0.471. The number of nitrogens with zero attached hydrogens (tertiary/aromatic N) is 5. The van der Waals surface area contributed by atoms with Gasteiger partial charge in [0.05, 0.1) is 18.0 Å². The van der Waals surface area contributed by atoms with Crippen LogP contribution in [-0.2, 0) is 14.3 Å². The molecule has 1 aromatic carbocycles. The van der Waals surface area contributed by atoms with E-state index in [2.05, 4.69) is 15.5 Å². The number of carbonyl (C=O) groups is 2. The minimum absolute atomic E-state index is 0.126. The normalized spacial score (nSPS) is 17.0. The van der Waals surface area contributed by atoms with E-state index < -0.39 is 6.04 Å². The largest absolute Gasteiger partial charge is 0.464 e. The van der Waals surface area contributed by atoms with Crippen LogP contribution >= 0.6 is 23.4 Å². The highest BCUT2D eigenvalue weighted by Crippen LogP contribution is 2.23. The lowest BCUT2D eigenvalue weighted by Gasteiger charge is -2.33. The molecule has 1 aliphatic rings. The van der Waals surface area contributed by atoms with E-state index in [9.17, 15) is 9.59 Å². The number of amides is 1. The maximum Gasteiger partial charge on any atom is 0.328 e. The number of thioether (sulfide) groups is 1. The molecule has 3 rings (SSSR count). The molecule has 0 unspecified atom stereocenters. The number of piperidine rings is 1. The van der Waals surface area contributed by atoms with Crippen molar-refractivity contribution >= 4 is 35.2 Å². The zero-order valence-electron chi connectivity index (χ0n) is 14.9. The molecule has 10 heteroatoms. The Morgan fingerprint density at radius 2 is 2.22 bits per heavy atom. The molecule has 1 amide bonds. The first-order valence-electron chi connectivity index (χ1n) is 8.73. The zero-order valence-corrected chi connectivity index (χ0v) is 16.4. The Bertz CT molecular complexity index is 815. The van der Waals surface area contributed by atoms with E-state index in [1.165, 1.54) is 16.4 Å². The highest BCUT2D eigenvalue weighted by Gasteiger charge is 2.33. The number of halogens is 1. The number of likely N-dealkylation sites (tertiary alicyclic amines) is 1. The summed E-state index contributed by atoms with van der Waals surface area (Å²) in [5.41, 5.74) is 0.713. The number of rotatable bonds is 6. The molecule has 144 valence electrons. The summed E-state index contributed by atoms with van der Waals surface area (Å²) in [4.78, 5) is 26.5. The van der Waals surface area contributed by atoms with Crippen LogP contribution in [0.3, 0.4) is 0 Å². The summed E-state index contributed by atoms with van der Waals surface area (Å²) in [7, 11) is 0. The van der Waals surface area contributed by atoms with Crippen LogP contribution in [0.2, 0.25) is 5.02 Å². The molecule has 1 aliphatic heterocycles. The molecule has 0 N–H and O–H groups in total. The third kappa shape index (κ3) is 4.78. The third-order valence-electron chi connectivity index (χ3n) is 4.20. The van der Waals surface area contributed by atoms with Crippen molar-refractivity contribution in [1.82, 2.24) is 25.1 Å². The predicted molar refractivity (Wildman–Crippen MR) is 101 cm³/mol. The second-order valence-electron chi connectivity index (χ2n) is 5.99. The lowest BCUT2D eigenvalue weighted by Crippen LogP contribution is -2.49. The van der Waals surface area contributed by atoms with Gasteiger partial charge in [-0.2, -0.15) is 4.68 Å². The molecule has 2 aromatic rings. The van der Waals surface area contributed by atoms with Gasteiger partial charge in [0.25, 0.3) is 0 Å². The van der Waals surface area contributed by atoms with Crippen molar-refractivity contribution in [1.29, 1.82) is 0 Å². The molecule has 0 saturated carbocycles. The van der Waals surface area contributed by atoms with Crippen molar-refractivity contribution < 1.29 is 14.3 Å². The van der Waals surface area contributed by atoms with Gasteiger partial charge in [0.1, 0.15) is 6.04 Å². The Labute approximate surface area is 166 Å². The Morgan fingerprint density at radius 1 is 1.37 bits per heavy atom. The number of benzene rings is 1. The topological polar surface area (TPSA) is 90.2 Å². The van der Waals surface area contributed by atoms with Gasteiger partial charge in [0.2, 0.25) is 11.1 Å². The fourth-order valence-electron chi connectivity index (χ4n) is 2.96. The first-order valence-corrected chi connectivity index (χ1v) is 10.1. The van der Waals surface area contributed by atoms with Crippen molar-refractivity contribution in [2.75, 3.05) is 18.9 Å². The Kier molecular flexibility index (Phi) is 6.68. The highest BCUT2D eigenvalue weighted by molar-refractivity contribution is 7.99. The minimum atomic E-state index is -0.504. The van der Waals surface area contributed by atoms with E-state index >= 15 is 0 Å². The quantitative estimate of drug-likeness (QED) is 0.534. The molecule has 1 fully saturated rings. The molecule has 1 atom stereocenters. The summed E-state index contributed by atoms with van der Waals surface area (Å²) in [6.45, 7) is 2.63. The molecule has 0 spiro atoms. The average Bonchev–Trinajstić information content (AvgIpc) is 3.15. The summed E-state index contributed by atoms with van der Waals surface area (Å²) < 4.78 is 6.64. The predicted octanol–water partition coefficient (Wildman–Crippen LogP) is 2.35. The number of aromatic nitrogens is 4. The van der Waals surface area contributed by atoms with Crippen LogP contribution < -0.4 is 0 Å². The number of esters is 1. The fourth-order valence-corrected chi connectivity index (χ4v) is 3.92. The van der Waals surface area contributed by atoms with Crippen molar-refractivity contribution in [2.24, 2.45) is 0 Å². The van der Waals surface area contributed by atoms with E-state index in [0.717, 1.165) is 12.8 Å². The summed E-state index contributed by atoms with van der Waals surface area (Å²) >= 11 is 7.24. The monoisotopic (exact) mass is 409 g/mol. The van der Waals surface area contributed by atoms with Gasteiger partial charge >= 0.3 is 5.97 Å². The van der Waals surface area contributed by atoms with E-state index in [4.69, 9.17) is 16.3 Å².